The second kappa shape index (κ2) is 9.11. The third kappa shape index (κ3) is 5.26. The van der Waals surface area contributed by atoms with Crippen LogP contribution in [0.5, 0.6) is 0 Å². The number of nitrogens with one attached hydrogen (secondary N) is 1. The van der Waals surface area contributed by atoms with Crippen LogP contribution in [0.3, 0.4) is 0 Å². The van der Waals surface area contributed by atoms with E-state index in [0.29, 0.717) is 30.6 Å². The highest BCUT2D eigenvalue weighted by atomic mass is 79.9. The minimum absolute atomic E-state index is 0.0484. The molecule has 7 heteroatoms. The lowest BCUT2D eigenvalue weighted by atomic mass is 9.94. The number of carbonyl (C=O) groups is 2. The van der Waals surface area contributed by atoms with E-state index in [2.05, 4.69) is 54.1 Å². The highest BCUT2D eigenvalue weighted by Crippen LogP contribution is 2.25. The van der Waals surface area contributed by atoms with Gasteiger partial charge in [0.15, 0.2) is 11.5 Å². The number of halogens is 1. The zero-order chi connectivity index (χ0) is 21.1. The first-order valence-electron chi connectivity index (χ1n) is 10.1. The van der Waals surface area contributed by atoms with E-state index < -0.39 is 6.04 Å². The maximum absolute atomic E-state index is 13.3. The number of aromatic nitrogens is 1. The molecule has 0 saturated carbocycles. The molecule has 0 bridgehead atoms. The molecule has 1 aliphatic rings. The molecular formula is C22H28BrN3O3. The van der Waals surface area contributed by atoms with Crippen LogP contribution >= 0.6 is 15.9 Å². The summed E-state index contributed by atoms with van der Waals surface area (Å²) in [5, 5.41) is 7.10. The molecule has 1 aromatic carbocycles. The third-order valence-electron chi connectivity index (χ3n) is 5.01. The highest BCUT2D eigenvalue weighted by molar-refractivity contribution is 9.10. The molecule has 1 aromatic heterocycles. The predicted molar refractivity (Wildman–Crippen MR) is 115 cm³/mol. The van der Waals surface area contributed by atoms with E-state index in [1.165, 1.54) is 0 Å². The minimum atomic E-state index is -0.487. The van der Waals surface area contributed by atoms with Gasteiger partial charge in [-0.05, 0) is 36.8 Å². The summed E-state index contributed by atoms with van der Waals surface area (Å²) in [4.78, 5) is 27.7. The summed E-state index contributed by atoms with van der Waals surface area (Å²) in [6.45, 7) is 8.82. The van der Waals surface area contributed by atoms with Gasteiger partial charge in [-0.25, -0.2) is 0 Å². The highest BCUT2D eigenvalue weighted by Gasteiger charge is 2.38. The molecule has 0 radical (unpaired) electrons. The Morgan fingerprint density at radius 2 is 1.86 bits per heavy atom. The number of nitrogens with zero attached hydrogens (tertiary/aromatic N) is 2. The van der Waals surface area contributed by atoms with Crippen LogP contribution in [0.2, 0.25) is 0 Å². The Morgan fingerprint density at radius 3 is 2.48 bits per heavy atom. The maximum atomic E-state index is 13.3. The second-order valence-electron chi connectivity index (χ2n) is 8.52. The zero-order valence-corrected chi connectivity index (χ0v) is 18.9. The molecule has 1 N–H and O–H groups in total. The summed E-state index contributed by atoms with van der Waals surface area (Å²) in [5.74, 6) is 0.904. The first kappa shape index (κ1) is 21.6. The second-order valence-corrected chi connectivity index (χ2v) is 9.44. The number of rotatable bonds is 6. The molecular weight excluding hydrogens is 434 g/mol. The van der Waals surface area contributed by atoms with E-state index in [1.807, 2.05) is 24.3 Å². The van der Waals surface area contributed by atoms with Gasteiger partial charge in [0.25, 0.3) is 5.91 Å². The van der Waals surface area contributed by atoms with Crippen LogP contribution in [0, 0.1) is 11.8 Å². The van der Waals surface area contributed by atoms with Crippen LogP contribution in [-0.2, 0) is 4.79 Å². The quantitative estimate of drug-likeness (QED) is 0.686. The van der Waals surface area contributed by atoms with Crippen LogP contribution in [0.1, 0.15) is 51.0 Å². The van der Waals surface area contributed by atoms with E-state index >= 15 is 0 Å². The number of hydrogen-bond donors (Lipinski definition) is 1. The lowest BCUT2D eigenvalue weighted by molar-refractivity contribution is -0.130. The fourth-order valence-corrected chi connectivity index (χ4v) is 3.99. The van der Waals surface area contributed by atoms with Gasteiger partial charge in [0.1, 0.15) is 6.04 Å². The van der Waals surface area contributed by atoms with Crippen molar-refractivity contribution in [2.45, 2.75) is 52.6 Å². The molecule has 1 fully saturated rings. The van der Waals surface area contributed by atoms with Crippen molar-refractivity contribution in [3.8, 4) is 11.3 Å². The van der Waals surface area contributed by atoms with Gasteiger partial charge in [-0.2, -0.15) is 0 Å². The van der Waals surface area contributed by atoms with Gasteiger partial charge >= 0.3 is 0 Å². The molecule has 156 valence electrons. The summed E-state index contributed by atoms with van der Waals surface area (Å²) in [6, 6.07) is 8.72. The Morgan fingerprint density at radius 1 is 1.21 bits per heavy atom. The van der Waals surface area contributed by atoms with Gasteiger partial charge in [0.2, 0.25) is 5.91 Å². The van der Waals surface area contributed by atoms with E-state index in [9.17, 15) is 9.59 Å². The van der Waals surface area contributed by atoms with Crippen LogP contribution in [0.25, 0.3) is 11.3 Å². The topological polar surface area (TPSA) is 75.4 Å². The SMILES string of the molecule is CC(C)CC1CN(C(=O)c2cc(-c3ccc(Br)cc3)on2)C(CC(C)C)C(=O)N1. The molecule has 2 atom stereocenters. The van der Waals surface area contributed by atoms with Crippen molar-refractivity contribution in [2.24, 2.45) is 11.8 Å². The van der Waals surface area contributed by atoms with Gasteiger partial charge in [-0.3, -0.25) is 9.59 Å². The number of piperazine rings is 1. The van der Waals surface area contributed by atoms with E-state index in [4.69, 9.17) is 4.52 Å². The van der Waals surface area contributed by atoms with Gasteiger partial charge < -0.3 is 14.7 Å². The Labute approximate surface area is 180 Å². The third-order valence-corrected chi connectivity index (χ3v) is 5.54. The van der Waals surface area contributed by atoms with Crippen molar-refractivity contribution in [1.82, 2.24) is 15.4 Å². The summed E-state index contributed by atoms with van der Waals surface area (Å²) in [6.07, 6.45) is 1.44. The average molecular weight is 462 g/mol. The largest absolute Gasteiger partial charge is 0.355 e. The van der Waals surface area contributed by atoms with Crippen LogP contribution in [0.15, 0.2) is 39.3 Å². The summed E-state index contributed by atoms with van der Waals surface area (Å²) in [7, 11) is 0. The molecule has 0 spiro atoms. The molecule has 3 rings (SSSR count). The van der Waals surface area contributed by atoms with Gasteiger partial charge in [0.05, 0.1) is 0 Å². The first-order valence-corrected chi connectivity index (χ1v) is 10.9. The van der Waals surface area contributed by atoms with Crippen molar-refractivity contribution in [2.75, 3.05) is 6.54 Å². The molecule has 1 saturated heterocycles. The molecule has 29 heavy (non-hydrogen) atoms. The van der Waals surface area contributed by atoms with Crippen LogP contribution < -0.4 is 5.32 Å². The Bertz CT molecular complexity index is 860. The molecule has 6 nitrogen and oxygen atoms in total. The fourth-order valence-electron chi connectivity index (χ4n) is 3.73. The Hall–Kier alpha value is -2.15. The number of benzene rings is 1. The molecule has 2 unspecified atom stereocenters. The van der Waals surface area contributed by atoms with E-state index in [1.54, 1.807) is 11.0 Å². The summed E-state index contributed by atoms with van der Waals surface area (Å²) in [5.41, 5.74) is 1.07. The van der Waals surface area contributed by atoms with Crippen molar-refractivity contribution >= 4 is 27.7 Å². The van der Waals surface area contributed by atoms with Crippen molar-refractivity contribution < 1.29 is 14.1 Å². The van der Waals surface area contributed by atoms with E-state index in [0.717, 1.165) is 16.5 Å². The molecule has 2 amide bonds. The molecule has 0 aliphatic carbocycles. The monoisotopic (exact) mass is 461 g/mol. The van der Waals surface area contributed by atoms with Crippen molar-refractivity contribution in [3.63, 3.8) is 0 Å². The van der Waals surface area contributed by atoms with Gasteiger partial charge in [0, 0.05) is 28.7 Å². The normalized spacial score (nSPS) is 19.7. The molecule has 2 heterocycles. The Balaban J connectivity index is 1.85. The first-order chi connectivity index (χ1) is 13.7. The maximum Gasteiger partial charge on any atom is 0.276 e. The molecule has 2 aromatic rings. The number of carbonyl (C=O) groups excluding carboxylic acids is 2. The standard InChI is InChI=1S/C22H28BrN3O3/c1-13(2)9-17-12-26(19(10-14(3)4)21(27)24-17)22(28)18-11-20(29-25-18)15-5-7-16(23)8-6-15/h5-8,11,13-14,17,19H,9-10,12H2,1-4H3,(H,24,27). The smallest absolute Gasteiger partial charge is 0.276 e. The van der Waals surface area contributed by atoms with Crippen molar-refractivity contribution in [3.05, 3.63) is 40.5 Å². The Kier molecular flexibility index (Phi) is 6.77. The van der Waals surface area contributed by atoms with Gasteiger partial charge in [-0.1, -0.05) is 60.9 Å². The van der Waals surface area contributed by atoms with Crippen molar-refractivity contribution in [1.29, 1.82) is 0 Å². The fraction of sp³-hybridized carbons (Fsp3) is 0.500. The lowest BCUT2D eigenvalue weighted by Gasteiger charge is -2.40. The zero-order valence-electron chi connectivity index (χ0n) is 17.3. The minimum Gasteiger partial charge on any atom is -0.355 e. The summed E-state index contributed by atoms with van der Waals surface area (Å²) >= 11 is 3.41. The number of amides is 2. The predicted octanol–water partition coefficient (Wildman–Crippen LogP) is 4.51. The van der Waals surface area contributed by atoms with E-state index in [-0.39, 0.29) is 23.6 Å². The summed E-state index contributed by atoms with van der Waals surface area (Å²) < 4.78 is 6.39. The number of hydrogen-bond acceptors (Lipinski definition) is 4. The van der Waals surface area contributed by atoms with Gasteiger partial charge in [-0.15, -0.1) is 0 Å². The molecule has 1 aliphatic heterocycles. The van der Waals surface area contributed by atoms with Crippen LogP contribution in [-0.4, -0.2) is 40.5 Å². The lowest BCUT2D eigenvalue weighted by Crippen LogP contribution is -2.62. The van der Waals surface area contributed by atoms with Crippen LogP contribution in [0.4, 0.5) is 0 Å². The average Bonchev–Trinajstić information content (AvgIpc) is 3.13.